The van der Waals surface area contributed by atoms with Crippen LogP contribution >= 0.6 is 11.3 Å². The highest BCUT2D eigenvalue weighted by atomic mass is 32.2. The number of nitrogens with one attached hydrogen (secondary N) is 2. The van der Waals surface area contributed by atoms with Crippen LogP contribution in [0.15, 0.2) is 29.2 Å². The molecule has 21 heavy (non-hydrogen) atoms. The maximum absolute atomic E-state index is 12.8. The molecule has 0 spiro atoms. The summed E-state index contributed by atoms with van der Waals surface area (Å²) in [4.78, 5) is 1.34. The molecule has 0 aliphatic heterocycles. The maximum atomic E-state index is 12.8. The van der Waals surface area contributed by atoms with E-state index in [4.69, 9.17) is 0 Å². The van der Waals surface area contributed by atoms with Crippen molar-refractivity contribution < 1.29 is 8.42 Å². The standard InChI is InChI=1S/C15H20N2O2S2/c1-3-16-10-13-14(11-6-4-5-7-12(11)20-13)21(18,19)17-15(2)8-9-15/h4-7,16-17H,3,8-10H2,1-2H3. The van der Waals surface area contributed by atoms with Crippen molar-refractivity contribution in [2.45, 2.75) is 43.7 Å². The van der Waals surface area contributed by atoms with Gasteiger partial charge in [-0.2, -0.15) is 0 Å². The molecule has 0 amide bonds. The molecule has 2 aromatic rings. The molecule has 0 saturated heterocycles. The Kier molecular flexibility index (Phi) is 3.81. The molecule has 114 valence electrons. The normalized spacial score (nSPS) is 17.2. The smallest absolute Gasteiger partial charge is 0.242 e. The van der Waals surface area contributed by atoms with E-state index in [0.717, 1.165) is 34.3 Å². The average molecular weight is 324 g/mol. The summed E-state index contributed by atoms with van der Waals surface area (Å²) in [7, 11) is -3.48. The Labute approximate surface area is 129 Å². The first-order chi connectivity index (χ1) is 9.95. The molecule has 0 atom stereocenters. The van der Waals surface area contributed by atoms with Crippen LogP contribution in [0.25, 0.3) is 10.1 Å². The van der Waals surface area contributed by atoms with Gasteiger partial charge in [0.1, 0.15) is 4.90 Å². The molecule has 6 heteroatoms. The Hall–Kier alpha value is -0.950. The molecule has 3 rings (SSSR count). The molecule has 1 aromatic carbocycles. The first-order valence-electron chi connectivity index (χ1n) is 7.20. The highest BCUT2D eigenvalue weighted by Crippen LogP contribution is 2.39. The molecule has 0 unspecified atom stereocenters. The molecule has 1 aliphatic rings. The minimum absolute atomic E-state index is 0.253. The van der Waals surface area contributed by atoms with E-state index in [1.807, 2.05) is 38.1 Å². The second kappa shape index (κ2) is 5.35. The Morgan fingerprint density at radius 1 is 1.29 bits per heavy atom. The number of benzene rings is 1. The molecule has 1 aliphatic carbocycles. The highest BCUT2D eigenvalue weighted by molar-refractivity contribution is 7.90. The van der Waals surface area contributed by atoms with Gasteiger partial charge in [0.25, 0.3) is 0 Å². The van der Waals surface area contributed by atoms with Crippen molar-refractivity contribution in [2.24, 2.45) is 0 Å². The third-order valence-corrected chi connectivity index (χ3v) is 6.87. The van der Waals surface area contributed by atoms with Crippen LogP contribution in [-0.2, 0) is 16.6 Å². The molecular weight excluding hydrogens is 304 g/mol. The fourth-order valence-electron chi connectivity index (χ4n) is 2.39. The van der Waals surface area contributed by atoms with Gasteiger partial charge in [-0.15, -0.1) is 11.3 Å². The van der Waals surface area contributed by atoms with Crippen molar-refractivity contribution in [1.29, 1.82) is 0 Å². The molecule has 1 heterocycles. The molecule has 0 bridgehead atoms. The summed E-state index contributed by atoms with van der Waals surface area (Å²) in [6.07, 6.45) is 1.83. The minimum atomic E-state index is -3.48. The van der Waals surface area contributed by atoms with E-state index in [2.05, 4.69) is 10.0 Å². The molecule has 0 radical (unpaired) electrons. The molecule has 1 saturated carbocycles. The van der Waals surface area contributed by atoms with E-state index in [0.29, 0.717) is 11.4 Å². The monoisotopic (exact) mass is 324 g/mol. The van der Waals surface area contributed by atoms with Crippen LogP contribution in [0.1, 0.15) is 31.6 Å². The van der Waals surface area contributed by atoms with E-state index < -0.39 is 10.0 Å². The second-order valence-corrected chi connectivity index (χ2v) is 8.55. The lowest BCUT2D eigenvalue weighted by atomic mass is 10.2. The zero-order valence-electron chi connectivity index (χ0n) is 12.3. The number of fused-ring (bicyclic) bond motifs is 1. The van der Waals surface area contributed by atoms with E-state index in [1.165, 1.54) is 0 Å². The Balaban J connectivity index is 2.09. The minimum Gasteiger partial charge on any atom is -0.312 e. The van der Waals surface area contributed by atoms with Gasteiger partial charge in [0.2, 0.25) is 10.0 Å². The number of sulfonamides is 1. The fraction of sp³-hybridized carbons (Fsp3) is 0.467. The molecular formula is C15H20N2O2S2. The second-order valence-electron chi connectivity index (χ2n) is 5.80. The summed E-state index contributed by atoms with van der Waals surface area (Å²) in [6.45, 7) is 5.38. The summed E-state index contributed by atoms with van der Waals surface area (Å²) in [6, 6.07) is 7.71. The van der Waals surface area contributed by atoms with E-state index >= 15 is 0 Å². The van der Waals surface area contributed by atoms with Gasteiger partial charge in [-0.3, -0.25) is 0 Å². The van der Waals surface area contributed by atoms with Gasteiger partial charge in [0.05, 0.1) is 0 Å². The van der Waals surface area contributed by atoms with Crippen molar-refractivity contribution in [2.75, 3.05) is 6.54 Å². The summed E-state index contributed by atoms with van der Waals surface area (Å²) < 4.78 is 29.5. The van der Waals surface area contributed by atoms with Crippen molar-refractivity contribution in [3.8, 4) is 0 Å². The summed E-state index contributed by atoms with van der Waals surface area (Å²) in [5.41, 5.74) is -0.253. The molecule has 2 N–H and O–H groups in total. The predicted molar refractivity (Wildman–Crippen MR) is 87.2 cm³/mol. The summed E-state index contributed by atoms with van der Waals surface area (Å²) in [5.74, 6) is 0. The largest absolute Gasteiger partial charge is 0.312 e. The highest BCUT2D eigenvalue weighted by Gasteiger charge is 2.42. The first-order valence-corrected chi connectivity index (χ1v) is 9.50. The van der Waals surface area contributed by atoms with Crippen LogP contribution < -0.4 is 10.0 Å². The van der Waals surface area contributed by atoms with Gasteiger partial charge < -0.3 is 5.32 Å². The predicted octanol–water partition coefficient (Wildman–Crippen LogP) is 2.84. The molecule has 1 fully saturated rings. The maximum Gasteiger partial charge on any atom is 0.242 e. The first kappa shape index (κ1) is 15.0. The third kappa shape index (κ3) is 2.99. The van der Waals surface area contributed by atoms with Crippen molar-refractivity contribution in [1.82, 2.24) is 10.0 Å². The van der Waals surface area contributed by atoms with Crippen LogP contribution in [0, 0.1) is 0 Å². The van der Waals surface area contributed by atoms with Crippen molar-refractivity contribution in [3.63, 3.8) is 0 Å². The average Bonchev–Trinajstić information content (AvgIpc) is 3.02. The van der Waals surface area contributed by atoms with Gasteiger partial charge in [0.15, 0.2) is 0 Å². The van der Waals surface area contributed by atoms with Gasteiger partial charge in [-0.1, -0.05) is 25.1 Å². The number of rotatable bonds is 6. The Bertz CT molecular complexity index is 761. The Morgan fingerprint density at radius 3 is 2.67 bits per heavy atom. The number of thiophene rings is 1. The fourth-order valence-corrected chi connectivity index (χ4v) is 5.77. The van der Waals surface area contributed by atoms with Gasteiger partial charge in [0, 0.05) is 27.0 Å². The number of hydrogen-bond acceptors (Lipinski definition) is 4. The SMILES string of the molecule is CCNCc1sc2ccccc2c1S(=O)(=O)NC1(C)CC1. The topological polar surface area (TPSA) is 58.2 Å². The van der Waals surface area contributed by atoms with E-state index in [9.17, 15) is 8.42 Å². The Morgan fingerprint density at radius 2 is 2.00 bits per heavy atom. The van der Waals surface area contributed by atoms with E-state index in [1.54, 1.807) is 11.3 Å². The molecule has 4 nitrogen and oxygen atoms in total. The lowest BCUT2D eigenvalue weighted by Crippen LogP contribution is -2.34. The van der Waals surface area contributed by atoms with Crippen LogP contribution in [0.4, 0.5) is 0 Å². The lowest BCUT2D eigenvalue weighted by Gasteiger charge is -2.13. The van der Waals surface area contributed by atoms with Crippen LogP contribution in [0.5, 0.6) is 0 Å². The lowest BCUT2D eigenvalue weighted by molar-refractivity contribution is 0.557. The third-order valence-electron chi connectivity index (χ3n) is 3.80. The van der Waals surface area contributed by atoms with Crippen molar-refractivity contribution in [3.05, 3.63) is 29.1 Å². The van der Waals surface area contributed by atoms with Crippen molar-refractivity contribution >= 4 is 31.4 Å². The number of hydrogen-bond donors (Lipinski definition) is 2. The zero-order chi connectivity index (χ0) is 15.1. The van der Waals surface area contributed by atoms with Gasteiger partial charge in [-0.05, 0) is 32.4 Å². The quantitative estimate of drug-likeness (QED) is 0.859. The van der Waals surface area contributed by atoms with Gasteiger partial charge >= 0.3 is 0 Å². The van der Waals surface area contributed by atoms with Crippen LogP contribution in [0.3, 0.4) is 0 Å². The zero-order valence-corrected chi connectivity index (χ0v) is 13.9. The van der Waals surface area contributed by atoms with Gasteiger partial charge in [-0.25, -0.2) is 13.1 Å². The van der Waals surface area contributed by atoms with E-state index in [-0.39, 0.29) is 5.54 Å². The summed E-state index contributed by atoms with van der Waals surface area (Å²) in [5, 5.41) is 4.06. The summed E-state index contributed by atoms with van der Waals surface area (Å²) >= 11 is 1.56. The molecule has 1 aromatic heterocycles. The van der Waals surface area contributed by atoms with Crippen LogP contribution in [0.2, 0.25) is 0 Å². The van der Waals surface area contributed by atoms with Crippen LogP contribution in [-0.4, -0.2) is 20.5 Å².